The molecule has 19 heavy (non-hydrogen) atoms. The Kier molecular flexibility index (Phi) is 4.51. The van der Waals surface area contributed by atoms with Crippen LogP contribution in [0.3, 0.4) is 0 Å². The molecule has 1 atom stereocenters. The van der Waals surface area contributed by atoms with Gasteiger partial charge in [0.25, 0.3) is 0 Å². The molecule has 1 aliphatic carbocycles. The second-order valence-electron chi connectivity index (χ2n) is 5.87. The third kappa shape index (κ3) is 2.64. The highest BCUT2D eigenvalue weighted by molar-refractivity contribution is 5.37. The van der Waals surface area contributed by atoms with Crippen LogP contribution in [0.25, 0.3) is 0 Å². The summed E-state index contributed by atoms with van der Waals surface area (Å²) < 4.78 is 5.32. The van der Waals surface area contributed by atoms with Crippen molar-refractivity contribution in [2.75, 3.05) is 14.2 Å². The zero-order valence-electron chi connectivity index (χ0n) is 12.8. The van der Waals surface area contributed by atoms with Crippen molar-refractivity contribution in [3.63, 3.8) is 0 Å². The van der Waals surface area contributed by atoms with Gasteiger partial charge in [0.15, 0.2) is 0 Å². The van der Waals surface area contributed by atoms with Crippen LogP contribution in [-0.4, -0.2) is 14.2 Å². The Labute approximate surface area is 117 Å². The number of ether oxygens (including phenoxy) is 1. The van der Waals surface area contributed by atoms with E-state index in [0.717, 1.165) is 5.75 Å². The molecule has 2 rings (SSSR count). The molecule has 2 heteroatoms. The number of methoxy groups -OCH3 is 1. The predicted octanol–water partition coefficient (Wildman–Crippen LogP) is 4.23. The molecule has 1 unspecified atom stereocenters. The van der Waals surface area contributed by atoms with E-state index in [1.165, 1.54) is 43.2 Å². The van der Waals surface area contributed by atoms with Gasteiger partial charge in [-0.2, -0.15) is 0 Å². The average molecular weight is 261 g/mol. The second kappa shape index (κ2) is 5.96. The lowest BCUT2D eigenvalue weighted by Gasteiger charge is -2.38. The minimum Gasteiger partial charge on any atom is -0.497 e. The zero-order chi connectivity index (χ0) is 13.9. The molecule has 2 nitrogen and oxygen atoms in total. The van der Waals surface area contributed by atoms with Crippen LogP contribution in [0.1, 0.15) is 56.2 Å². The maximum Gasteiger partial charge on any atom is 0.119 e. The van der Waals surface area contributed by atoms with Gasteiger partial charge in [0, 0.05) is 6.04 Å². The number of rotatable bonds is 5. The molecule has 1 N–H and O–H groups in total. The highest BCUT2D eigenvalue weighted by atomic mass is 16.5. The summed E-state index contributed by atoms with van der Waals surface area (Å²) in [5, 5.41) is 3.59. The third-order valence-electron chi connectivity index (χ3n) is 4.99. The number of aryl methyl sites for hydroxylation is 1. The summed E-state index contributed by atoms with van der Waals surface area (Å²) >= 11 is 0. The first-order valence-corrected chi connectivity index (χ1v) is 7.48. The molecule has 0 saturated heterocycles. The van der Waals surface area contributed by atoms with E-state index in [1.807, 2.05) is 0 Å². The molecule has 0 aromatic heterocycles. The number of nitrogens with one attached hydrogen (secondary N) is 1. The molecule has 0 heterocycles. The Bertz CT molecular complexity index is 421. The largest absolute Gasteiger partial charge is 0.497 e. The third-order valence-corrected chi connectivity index (χ3v) is 4.99. The molecule has 1 aromatic carbocycles. The molecule has 1 fully saturated rings. The van der Waals surface area contributed by atoms with Crippen molar-refractivity contribution < 1.29 is 4.74 Å². The Balaban J connectivity index is 2.36. The van der Waals surface area contributed by atoms with Crippen LogP contribution in [0.5, 0.6) is 5.75 Å². The van der Waals surface area contributed by atoms with Gasteiger partial charge in [-0.1, -0.05) is 25.8 Å². The Morgan fingerprint density at radius 1 is 1.32 bits per heavy atom. The van der Waals surface area contributed by atoms with Crippen LogP contribution in [0.4, 0.5) is 0 Å². The smallest absolute Gasteiger partial charge is 0.119 e. The van der Waals surface area contributed by atoms with E-state index in [4.69, 9.17) is 4.74 Å². The summed E-state index contributed by atoms with van der Waals surface area (Å²) in [4.78, 5) is 0. The average Bonchev–Trinajstić information content (AvgIpc) is 2.91. The van der Waals surface area contributed by atoms with Crippen LogP contribution < -0.4 is 10.1 Å². The van der Waals surface area contributed by atoms with Gasteiger partial charge in [-0.15, -0.1) is 0 Å². The molecule has 0 radical (unpaired) electrons. The number of hydrogen-bond donors (Lipinski definition) is 1. The maximum absolute atomic E-state index is 5.32. The SMILES string of the molecule is CCC1(C(NC)c2ccc(OC)cc2C)CCCC1. The van der Waals surface area contributed by atoms with Crippen molar-refractivity contribution in [3.8, 4) is 5.75 Å². The van der Waals surface area contributed by atoms with Gasteiger partial charge in [-0.25, -0.2) is 0 Å². The molecule has 106 valence electrons. The van der Waals surface area contributed by atoms with E-state index in [2.05, 4.69) is 44.4 Å². The van der Waals surface area contributed by atoms with E-state index in [-0.39, 0.29) is 0 Å². The lowest BCUT2D eigenvalue weighted by Crippen LogP contribution is -2.34. The summed E-state index contributed by atoms with van der Waals surface area (Å²) in [7, 11) is 3.83. The van der Waals surface area contributed by atoms with E-state index in [0.29, 0.717) is 11.5 Å². The van der Waals surface area contributed by atoms with Gasteiger partial charge in [0.1, 0.15) is 5.75 Å². The first-order chi connectivity index (χ1) is 9.16. The number of benzene rings is 1. The van der Waals surface area contributed by atoms with E-state index < -0.39 is 0 Å². The van der Waals surface area contributed by atoms with Crippen molar-refractivity contribution >= 4 is 0 Å². The van der Waals surface area contributed by atoms with Crippen LogP contribution >= 0.6 is 0 Å². The zero-order valence-corrected chi connectivity index (χ0v) is 12.8. The molecule has 0 spiro atoms. The molecular weight excluding hydrogens is 234 g/mol. The fraction of sp³-hybridized carbons (Fsp3) is 0.647. The predicted molar refractivity (Wildman–Crippen MR) is 80.7 cm³/mol. The second-order valence-corrected chi connectivity index (χ2v) is 5.87. The summed E-state index contributed by atoms with van der Waals surface area (Å²) in [6.07, 6.45) is 6.70. The first kappa shape index (κ1) is 14.4. The van der Waals surface area contributed by atoms with Crippen molar-refractivity contribution in [1.29, 1.82) is 0 Å². The maximum atomic E-state index is 5.32. The molecule has 1 aliphatic rings. The fourth-order valence-corrected chi connectivity index (χ4v) is 3.82. The first-order valence-electron chi connectivity index (χ1n) is 7.48. The van der Waals surface area contributed by atoms with Crippen LogP contribution in [0, 0.1) is 12.3 Å². The monoisotopic (exact) mass is 261 g/mol. The Morgan fingerprint density at radius 2 is 2.00 bits per heavy atom. The van der Waals surface area contributed by atoms with Gasteiger partial charge < -0.3 is 10.1 Å². The van der Waals surface area contributed by atoms with Crippen LogP contribution in [0.15, 0.2) is 18.2 Å². The van der Waals surface area contributed by atoms with Gasteiger partial charge >= 0.3 is 0 Å². The van der Waals surface area contributed by atoms with Crippen molar-refractivity contribution in [1.82, 2.24) is 5.32 Å². The molecule has 0 aliphatic heterocycles. The fourth-order valence-electron chi connectivity index (χ4n) is 3.82. The molecule has 1 saturated carbocycles. The quantitative estimate of drug-likeness (QED) is 0.856. The van der Waals surface area contributed by atoms with Gasteiger partial charge in [-0.05, 0) is 61.9 Å². The molecule has 1 aromatic rings. The highest BCUT2D eigenvalue weighted by Gasteiger charge is 2.40. The molecule has 0 bridgehead atoms. The van der Waals surface area contributed by atoms with Crippen LogP contribution in [0.2, 0.25) is 0 Å². The highest BCUT2D eigenvalue weighted by Crippen LogP contribution is 2.50. The van der Waals surface area contributed by atoms with E-state index >= 15 is 0 Å². The summed E-state index contributed by atoms with van der Waals surface area (Å²) in [6.45, 7) is 4.54. The van der Waals surface area contributed by atoms with E-state index in [9.17, 15) is 0 Å². The lowest BCUT2D eigenvalue weighted by atomic mass is 9.72. The lowest BCUT2D eigenvalue weighted by molar-refractivity contribution is 0.194. The minimum atomic E-state index is 0.439. The van der Waals surface area contributed by atoms with E-state index in [1.54, 1.807) is 7.11 Å². The summed E-state index contributed by atoms with van der Waals surface area (Å²) in [5.74, 6) is 0.952. The Hall–Kier alpha value is -1.02. The normalized spacial score (nSPS) is 19.4. The Morgan fingerprint density at radius 3 is 2.47 bits per heavy atom. The molecular formula is C17H27NO. The summed E-state index contributed by atoms with van der Waals surface area (Å²) in [6, 6.07) is 6.94. The van der Waals surface area contributed by atoms with Gasteiger partial charge in [-0.3, -0.25) is 0 Å². The topological polar surface area (TPSA) is 21.3 Å². The van der Waals surface area contributed by atoms with Crippen molar-refractivity contribution in [2.45, 2.75) is 52.0 Å². The number of hydrogen-bond acceptors (Lipinski definition) is 2. The summed E-state index contributed by atoms with van der Waals surface area (Å²) in [5.41, 5.74) is 3.21. The van der Waals surface area contributed by atoms with Gasteiger partial charge in [0.05, 0.1) is 7.11 Å². The van der Waals surface area contributed by atoms with Gasteiger partial charge in [0.2, 0.25) is 0 Å². The molecule has 0 amide bonds. The van der Waals surface area contributed by atoms with Crippen LogP contribution in [-0.2, 0) is 0 Å². The minimum absolute atomic E-state index is 0.439. The van der Waals surface area contributed by atoms with Crippen molar-refractivity contribution in [2.24, 2.45) is 5.41 Å². The standard InChI is InChI=1S/C17H27NO/c1-5-17(10-6-7-11-17)16(18-3)15-9-8-14(19-4)12-13(15)2/h8-9,12,16,18H,5-7,10-11H2,1-4H3. The van der Waals surface area contributed by atoms with Crippen molar-refractivity contribution in [3.05, 3.63) is 29.3 Å².